The molecule has 2 rings (SSSR count). The molecule has 0 aliphatic heterocycles. The van der Waals surface area contributed by atoms with Gasteiger partial charge in [0.25, 0.3) is 0 Å². The topological polar surface area (TPSA) is 67.3 Å². The highest BCUT2D eigenvalue weighted by Crippen LogP contribution is 2.23. The SMILES string of the molecule is CC(C(O)Cc1nc2ccccc2s1)S(C)(=O)=O. The summed E-state index contributed by atoms with van der Waals surface area (Å²) in [6, 6.07) is 7.70. The summed E-state index contributed by atoms with van der Waals surface area (Å²) < 4.78 is 23.8. The van der Waals surface area contributed by atoms with Crippen LogP contribution in [0.2, 0.25) is 0 Å². The fourth-order valence-electron chi connectivity index (χ4n) is 1.64. The van der Waals surface area contributed by atoms with E-state index >= 15 is 0 Å². The Balaban J connectivity index is 2.19. The van der Waals surface area contributed by atoms with Crippen molar-refractivity contribution in [3.63, 3.8) is 0 Å². The van der Waals surface area contributed by atoms with Gasteiger partial charge in [-0.2, -0.15) is 0 Å². The molecule has 0 aliphatic rings. The van der Waals surface area contributed by atoms with Gasteiger partial charge in [0.2, 0.25) is 0 Å². The van der Waals surface area contributed by atoms with Gasteiger partial charge in [0.15, 0.2) is 9.84 Å². The Bertz CT molecular complexity index is 615. The minimum absolute atomic E-state index is 0.271. The van der Waals surface area contributed by atoms with Crippen molar-refractivity contribution in [1.82, 2.24) is 4.98 Å². The molecule has 0 saturated heterocycles. The summed E-state index contributed by atoms with van der Waals surface area (Å²) in [6.07, 6.45) is 0.493. The third-order valence-corrected chi connectivity index (χ3v) is 5.66. The Kier molecular flexibility index (Phi) is 3.70. The maximum Gasteiger partial charge on any atom is 0.152 e. The van der Waals surface area contributed by atoms with Crippen molar-refractivity contribution >= 4 is 31.4 Å². The summed E-state index contributed by atoms with van der Waals surface area (Å²) in [5, 5.41) is 9.91. The van der Waals surface area contributed by atoms with E-state index in [2.05, 4.69) is 4.98 Å². The van der Waals surface area contributed by atoms with Crippen molar-refractivity contribution in [3.8, 4) is 0 Å². The number of hydrogen-bond donors (Lipinski definition) is 1. The first kappa shape index (κ1) is 13.5. The molecule has 0 radical (unpaired) electrons. The van der Waals surface area contributed by atoms with E-state index in [1.54, 1.807) is 0 Å². The molecule has 1 aromatic carbocycles. The Hall–Kier alpha value is -0.980. The normalized spacial score (nSPS) is 15.7. The second kappa shape index (κ2) is 4.95. The molecular weight excluding hydrogens is 270 g/mol. The Morgan fingerprint density at radius 2 is 2.06 bits per heavy atom. The van der Waals surface area contributed by atoms with Crippen LogP contribution in [0, 0.1) is 0 Å². The van der Waals surface area contributed by atoms with Crippen molar-refractivity contribution in [3.05, 3.63) is 29.3 Å². The number of sulfone groups is 1. The molecule has 1 N–H and O–H groups in total. The molecule has 0 fully saturated rings. The first-order valence-corrected chi connectivity index (χ1v) is 8.36. The number of rotatable bonds is 4. The minimum atomic E-state index is -3.23. The average Bonchev–Trinajstić information content (AvgIpc) is 2.68. The second-order valence-corrected chi connectivity index (χ2v) is 7.90. The van der Waals surface area contributed by atoms with Crippen molar-refractivity contribution in [2.75, 3.05) is 6.26 Å². The third kappa shape index (κ3) is 2.88. The molecule has 0 bridgehead atoms. The first-order chi connectivity index (χ1) is 8.38. The molecule has 2 atom stereocenters. The quantitative estimate of drug-likeness (QED) is 0.927. The van der Waals surface area contributed by atoms with Crippen LogP contribution in [0.5, 0.6) is 0 Å². The Morgan fingerprint density at radius 1 is 1.39 bits per heavy atom. The zero-order valence-electron chi connectivity index (χ0n) is 10.2. The van der Waals surface area contributed by atoms with Gasteiger partial charge in [0.1, 0.15) is 0 Å². The van der Waals surface area contributed by atoms with Crippen molar-refractivity contribution in [2.45, 2.75) is 24.7 Å². The van der Waals surface area contributed by atoms with Crippen molar-refractivity contribution < 1.29 is 13.5 Å². The second-order valence-electron chi connectivity index (χ2n) is 4.38. The van der Waals surface area contributed by atoms with E-state index < -0.39 is 21.2 Å². The lowest BCUT2D eigenvalue weighted by atomic mass is 10.2. The fourth-order valence-corrected chi connectivity index (χ4v) is 3.32. The number of thiazole rings is 1. The summed E-state index contributed by atoms with van der Waals surface area (Å²) in [4.78, 5) is 4.38. The smallest absolute Gasteiger partial charge is 0.152 e. The zero-order chi connectivity index (χ0) is 13.3. The molecule has 18 heavy (non-hydrogen) atoms. The van der Waals surface area contributed by atoms with Gasteiger partial charge < -0.3 is 5.11 Å². The third-order valence-electron chi connectivity index (χ3n) is 2.94. The van der Waals surface area contributed by atoms with Crippen LogP contribution in [0.3, 0.4) is 0 Å². The van der Waals surface area contributed by atoms with Gasteiger partial charge in [-0.1, -0.05) is 12.1 Å². The number of benzene rings is 1. The van der Waals surface area contributed by atoms with E-state index in [0.717, 1.165) is 21.5 Å². The molecule has 6 heteroatoms. The Morgan fingerprint density at radius 3 is 2.67 bits per heavy atom. The molecule has 2 aromatic rings. The van der Waals surface area contributed by atoms with Crippen LogP contribution in [0.4, 0.5) is 0 Å². The summed E-state index contributed by atoms with van der Waals surface area (Å²) in [6.45, 7) is 1.52. The first-order valence-electron chi connectivity index (χ1n) is 5.59. The molecule has 1 heterocycles. The lowest BCUT2D eigenvalue weighted by Crippen LogP contribution is -2.32. The molecule has 0 aliphatic carbocycles. The van der Waals surface area contributed by atoms with Crippen molar-refractivity contribution in [1.29, 1.82) is 0 Å². The van der Waals surface area contributed by atoms with Crippen molar-refractivity contribution in [2.24, 2.45) is 0 Å². The van der Waals surface area contributed by atoms with E-state index in [-0.39, 0.29) is 6.42 Å². The molecule has 1 aromatic heterocycles. The number of nitrogens with zero attached hydrogens (tertiary/aromatic N) is 1. The van der Waals surface area contributed by atoms with E-state index in [0.29, 0.717) is 0 Å². The Labute approximate surface area is 110 Å². The summed E-state index contributed by atoms with van der Waals surface area (Å²) in [5.41, 5.74) is 0.886. The molecular formula is C12H15NO3S2. The standard InChI is InChI=1S/C12H15NO3S2/c1-8(18(2,15)16)10(14)7-12-13-9-5-3-4-6-11(9)17-12/h3-6,8,10,14H,7H2,1-2H3. The molecule has 0 saturated carbocycles. The number of fused-ring (bicyclic) bond motifs is 1. The molecule has 0 amide bonds. The predicted octanol–water partition coefficient (Wildman–Crippen LogP) is 1.63. The number of aromatic nitrogens is 1. The lowest BCUT2D eigenvalue weighted by Gasteiger charge is -2.15. The highest BCUT2D eigenvalue weighted by Gasteiger charge is 2.25. The summed E-state index contributed by atoms with van der Waals surface area (Å²) in [5.74, 6) is 0. The van der Waals surface area contributed by atoms with E-state index in [1.165, 1.54) is 18.3 Å². The number of aliphatic hydroxyl groups excluding tert-OH is 1. The van der Waals surface area contributed by atoms with E-state index in [4.69, 9.17) is 0 Å². The average molecular weight is 285 g/mol. The van der Waals surface area contributed by atoms with Gasteiger partial charge in [-0.25, -0.2) is 13.4 Å². The van der Waals surface area contributed by atoms with Crippen LogP contribution < -0.4 is 0 Å². The minimum Gasteiger partial charge on any atom is -0.391 e. The van der Waals surface area contributed by atoms with Gasteiger partial charge in [0.05, 0.1) is 26.6 Å². The molecule has 98 valence electrons. The maximum absolute atomic E-state index is 11.4. The molecule has 2 unspecified atom stereocenters. The lowest BCUT2D eigenvalue weighted by molar-refractivity contribution is 0.173. The van der Waals surface area contributed by atoms with Gasteiger partial charge >= 0.3 is 0 Å². The van der Waals surface area contributed by atoms with Crippen LogP contribution >= 0.6 is 11.3 Å². The molecule has 4 nitrogen and oxygen atoms in total. The van der Waals surface area contributed by atoms with Crippen LogP contribution in [0.1, 0.15) is 11.9 Å². The summed E-state index contributed by atoms with van der Waals surface area (Å²) >= 11 is 1.49. The fraction of sp³-hybridized carbons (Fsp3) is 0.417. The van der Waals surface area contributed by atoms with Gasteiger partial charge in [0, 0.05) is 12.7 Å². The van der Waals surface area contributed by atoms with E-state index in [1.807, 2.05) is 24.3 Å². The number of aliphatic hydroxyl groups is 1. The molecule has 0 spiro atoms. The summed E-state index contributed by atoms with van der Waals surface area (Å²) in [7, 11) is -3.23. The van der Waals surface area contributed by atoms with Gasteiger partial charge in [-0.05, 0) is 19.1 Å². The number of para-hydroxylation sites is 1. The highest BCUT2D eigenvalue weighted by atomic mass is 32.2. The van der Waals surface area contributed by atoms with Gasteiger partial charge in [-0.3, -0.25) is 0 Å². The number of hydrogen-bond acceptors (Lipinski definition) is 5. The maximum atomic E-state index is 11.4. The van der Waals surface area contributed by atoms with Crippen LogP contribution in [0.25, 0.3) is 10.2 Å². The monoisotopic (exact) mass is 285 g/mol. The van der Waals surface area contributed by atoms with Gasteiger partial charge in [-0.15, -0.1) is 11.3 Å². The van der Waals surface area contributed by atoms with Crippen LogP contribution in [-0.2, 0) is 16.3 Å². The van der Waals surface area contributed by atoms with Crippen LogP contribution in [-0.4, -0.2) is 36.1 Å². The highest BCUT2D eigenvalue weighted by molar-refractivity contribution is 7.91. The zero-order valence-corrected chi connectivity index (χ0v) is 11.8. The largest absolute Gasteiger partial charge is 0.391 e. The van der Waals surface area contributed by atoms with E-state index in [9.17, 15) is 13.5 Å². The predicted molar refractivity (Wildman–Crippen MR) is 73.6 cm³/mol. The van der Waals surface area contributed by atoms with Crippen LogP contribution in [0.15, 0.2) is 24.3 Å².